The highest BCUT2D eigenvalue weighted by Crippen LogP contribution is 2.29. The number of aryl methyl sites for hydroxylation is 1. The Morgan fingerprint density at radius 2 is 1.92 bits per heavy atom. The summed E-state index contributed by atoms with van der Waals surface area (Å²) in [5.41, 5.74) is 5.59. The summed E-state index contributed by atoms with van der Waals surface area (Å²) in [7, 11) is 1.67. The molecule has 0 radical (unpaired) electrons. The van der Waals surface area contributed by atoms with Crippen LogP contribution < -0.4 is 4.74 Å². The van der Waals surface area contributed by atoms with E-state index >= 15 is 0 Å². The van der Waals surface area contributed by atoms with Crippen molar-refractivity contribution in [3.8, 4) is 17.0 Å². The van der Waals surface area contributed by atoms with Crippen molar-refractivity contribution in [1.82, 2.24) is 14.6 Å². The lowest BCUT2D eigenvalue weighted by molar-refractivity contribution is 0.415. The molecule has 4 aromatic rings. The van der Waals surface area contributed by atoms with Crippen LogP contribution in [0.25, 0.3) is 16.8 Å². The molecular formula is C21H19N3OS. The Hall–Kier alpha value is -2.79. The van der Waals surface area contributed by atoms with Crippen LogP contribution in [0.4, 0.5) is 0 Å². The molecule has 0 spiro atoms. The molecule has 0 unspecified atom stereocenters. The zero-order valence-corrected chi connectivity index (χ0v) is 15.5. The van der Waals surface area contributed by atoms with Crippen LogP contribution >= 0.6 is 11.8 Å². The van der Waals surface area contributed by atoms with Crippen LogP contribution in [0, 0.1) is 6.92 Å². The average molecular weight is 361 g/mol. The van der Waals surface area contributed by atoms with Gasteiger partial charge in [-0.2, -0.15) is 5.10 Å². The molecule has 2 aromatic heterocycles. The van der Waals surface area contributed by atoms with E-state index in [1.807, 2.05) is 35.0 Å². The lowest BCUT2D eigenvalue weighted by atomic mass is 10.1. The second-order valence-electron chi connectivity index (χ2n) is 6.10. The highest BCUT2D eigenvalue weighted by Gasteiger charge is 2.10. The Balaban J connectivity index is 1.62. The van der Waals surface area contributed by atoms with Crippen molar-refractivity contribution >= 4 is 17.3 Å². The first-order valence-corrected chi connectivity index (χ1v) is 9.38. The van der Waals surface area contributed by atoms with Crippen molar-refractivity contribution in [2.45, 2.75) is 17.7 Å². The normalized spacial score (nSPS) is 11.0. The summed E-state index contributed by atoms with van der Waals surface area (Å²) in [6.07, 6.45) is 3.69. The second kappa shape index (κ2) is 7.22. The first-order chi connectivity index (χ1) is 12.7. The Kier molecular flexibility index (Phi) is 4.63. The Morgan fingerprint density at radius 3 is 2.69 bits per heavy atom. The fourth-order valence-electron chi connectivity index (χ4n) is 2.87. The van der Waals surface area contributed by atoms with Gasteiger partial charge in [0.2, 0.25) is 0 Å². The number of nitrogens with zero attached hydrogens (tertiary/aromatic N) is 3. The number of thioether (sulfide) groups is 1. The summed E-state index contributed by atoms with van der Waals surface area (Å²) in [4.78, 5) is 4.56. The first-order valence-electron chi connectivity index (χ1n) is 8.40. The van der Waals surface area contributed by atoms with Gasteiger partial charge in [-0.25, -0.2) is 9.50 Å². The number of ether oxygens (including phenoxy) is 1. The van der Waals surface area contributed by atoms with E-state index < -0.39 is 0 Å². The van der Waals surface area contributed by atoms with Crippen molar-refractivity contribution in [2.75, 3.05) is 7.11 Å². The van der Waals surface area contributed by atoms with E-state index in [9.17, 15) is 0 Å². The SMILES string of the molecule is COc1ccc(-c2cc3c(SCc4cccc(C)c4)nccn3n2)cc1. The number of hydrogen-bond donors (Lipinski definition) is 0. The minimum Gasteiger partial charge on any atom is -0.497 e. The highest BCUT2D eigenvalue weighted by atomic mass is 32.2. The topological polar surface area (TPSA) is 39.4 Å². The number of benzene rings is 2. The third-order valence-electron chi connectivity index (χ3n) is 4.20. The summed E-state index contributed by atoms with van der Waals surface area (Å²) in [5.74, 6) is 1.73. The smallest absolute Gasteiger partial charge is 0.122 e. The maximum atomic E-state index is 5.23. The van der Waals surface area contributed by atoms with Crippen LogP contribution in [0.2, 0.25) is 0 Å². The van der Waals surface area contributed by atoms with Crippen molar-refractivity contribution in [2.24, 2.45) is 0 Å². The fourth-order valence-corrected chi connectivity index (χ4v) is 3.78. The van der Waals surface area contributed by atoms with E-state index in [-0.39, 0.29) is 0 Å². The standard InChI is InChI=1S/C21H19N3OS/c1-15-4-3-5-16(12-15)14-26-21-20-13-19(23-24(20)11-10-22-21)17-6-8-18(25-2)9-7-17/h3-13H,14H2,1-2H3. The predicted molar refractivity (Wildman–Crippen MR) is 106 cm³/mol. The quantitative estimate of drug-likeness (QED) is 0.469. The third-order valence-corrected chi connectivity index (χ3v) is 5.26. The van der Waals surface area contributed by atoms with E-state index in [1.165, 1.54) is 11.1 Å². The van der Waals surface area contributed by atoms with Crippen LogP contribution in [0.1, 0.15) is 11.1 Å². The van der Waals surface area contributed by atoms with E-state index in [1.54, 1.807) is 25.1 Å². The predicted octanol–water partition coefficient (Wildman–Crippen LogP) is 5.01. The van der Waals surface area contributed by atoms with Gasteiger partial charge in [-0.1, -0.05) is 41.6 Å². The maximum absolute atomic E-state index is 5.23. The summed E-state index contributed by atoms with van der Waals surface area (Å²) < 4.78 is 7.12. The van der Waals surface area contributed by atoms with Gasteiger partial charge in [0.25, 0.3) is 0 Å². The van der Waals surface area contributed by atoms with Crippen molar-refractivity contribution in [3.63, 3.8) is 0 Å². The lowest BCUT2D eigenvalue weighted by Gasteiger charge is -2.04. The monoisotopic (exact) mass is 361 g/mol. The average Bonchev–Trinajstić information content (AvgIpc) is 3.11. The molecule has 2 heterocycles. The molecule has 130 valence electrons. The molecule has 0 atom stereocenters. The van der Waals surface area contributed by atoms with Crippen LogP contribution in [-0.2, 0) is 5.75 Å². The molecule has 0 saturated heterocycles. The van der Waals surface area contributed by atoms with Gasteiger partial charge in [-0.15, -0.1) is 0 Å². The van der Waals surface area contributed by atoms with Crippen LogP contribution in [-0.4, -0.2) is 21.7 Å². The fraction of sp³-hybridized carbons (Fsp3) is 0.143. The van der Waals surface area contributed by atoms with Gasteiger partial charge >= 0.3 is 0 Å². The summed E-state index contributed by atoms with van der Waals surface area (Å²) in [5, 5.41) is 5.68. The van der Waals surface area contributed by atoms with Crippen molar-refractivity contribution in [1.29, 1.82) is 0 Å². The minimum absolute atomic E-state index is 0.841. The maximum Gasteiger partial charge on any atom is 0.122 e. The molecule has 0 fully saturated rings. The molecule has 0 bridgehead atoms. The van der Waals surface area contributed by atoms with E-state index in [0.717, 1.165) is 33.3 Å². The molecule has 4 nitrogen and oxygen atoms in total. The van der Waals surface area contributed by atoms with Crippen LogP contribution in [0.5, 0.6) is 5.75 Å². The minimum atomic E-state index is 0.841. The van der Waals surface area contributed by atoms with Gasteiger partial charge in [-0.05, 0) is 42.8 Å². The van der Waals surface area contributed by atoms with Gasteiger partial charge in [0.1, 0.15) is 10.8 Å². The van der Waals surface area contributed by atoms with E-state index in [4.69, 9.17) is 9.84 Å². The molecule has 2 aromatic carbocycles. The number of aromatic nitrogens is 3. The second-order valence-corrected chi connectivity index (χ2v) is 7.06. The van der Waals surface area contributed by atoms with Gasteiger partial charge < -0.3 is 4.74 Å². The number of fused-ring (bicyclic) bond motifs is 1. The number of methoxy groups -OCH3 is 1. The van der Waals surface area contributed by atoms with Gasteiger partial charge in [0.05, 0.1) is 18.3 Å². The first kappa shape index (κ1) is 16.7. The number of rotatable bonds is 5. The third kappa shape index (κ3) is 3.44. The van der Waals surface area contributed by atoms with Gasteiger partial charge in [-0.3, -0.25) is 0 Å². The molecule has 0 saturated carbocycles. The molecule has 4 rings (SSSR count). The largest absolute Gasteiger partial charge is 0.497 e. The molecule has 26 heavy (non-hydrogen) atoms. The van der Waals surface area contributed by atoms with Crippen molar-refractivity contribution < 1.29 is 4.74 Å². The Labute approximate surface area is 156 Å². The van der Waals surface area contributed by atoms with Gasteiger partial charge in [0, 0.05) is 23.7 Å². The molecule has 5 heteroatoms. The number of hydrogen-bond acceptors (Lipinski definition) is 4. The van der Waals surface area contributed by atoms with Crippen molar-refractivity contribution in [3.05, 3.63) is 78.1 Å². The molecule has 0 aliphatic rings. The van der Waals surface area contributed by atoms with Crippen LogP contribution in [0.15, 0.2) is 72.0 Å². The van der Waals surface area contributed by atoms with E-state index in [0.29, 0.717) is 0 Å². The molecular weight excluding hydrogens is 342 g/mol. The molecule has 0 N–H and O–H groups in total. The van der Waals surface area contributed by atoms with Crippen LogP contribution in [0.3, 0.4) is 0 Å². The molecule has 0 amide bonds. The summed E-state index contributed by atoms with van der Waals surface area (Å²) in [6.45, 7) is 2.12. The summed E-state index contributed by atoms with van der Waals surface area (Å²) >= 11 is 1.73. The summed E-state index contributed by atoms with van der Waals surface area (Å²) in [6, 6.07) is 18.6. The zero-order chi connectivity index (χ0) is 17.9. The Bertz CT molecular complexity index is 1040. The molecule has 0 aliphatic heterocycles. The zero-order valence-electron chi connectivity index (χ0n) is 14.7. The molecule has 0 aliphatic carbocycles. The Morgan fingerprint density at radius 1 is 1.08 bits per heavy atom. The van der Waals surface area contributed by atoms with E-state index in [2.05, 4.69) is 42.2 Å². The highest BCUT2D eigenvalue weighted by molar-refractivity contribution is 7.98. The lowest BCUT2D eigenvalue weighted by Crippen LogP contribution is -1.91. The van der Waals surface area contributed by atoms with Gasteiger partial charge in [0.15, 0.2) is 0 Å².